The Kier molecular flexibility index (Phi) is 8.69. The van der Waals surface area contributed by atoms with E-state index < -0.39 is 0 Å². The SMILES string of the molecule is O=C(C=CC(CCc1ccccc1)NC(=O)C1CCCCN1)Nc1nnc(-c2ccc(F)cc2)s1. The largest absolute Gasteiger partial charge is 0.349 e. The van der Waals surface area contributed by atoms with Crippen LogP contribution in [0.25, 0.3) is 10.6 Å². The first-order valence-electron chi connectivity index (χ1n) is 11.7. The van der Waals surface area contributed by atoms with E-state index in [1.54, 1.807) is 18.2 Å². The molecule has 1 saturated heterocycles. The molecule has 0 bridgehead atoms. The van der Waals surface area contributed by atoms with Gasteiger partial charge in [-0.15, -0.1) is 10.2 Å². The molecule has 182 valence electrons. The number of rotatable bonds is 9. The van der Waals surface area contributed by atoms with Crippen LogP contribution < -0.4 is 16.0 Å². The van der Waals surface area contributed by atoms with Crippen molar-refractivity contribution in [2.75, 3.05) is 11.9 Å². The Hall–Kier alpha value is -3.43. The smallest absolute Gasteiger partial charge is 0.249 e. The van der Waals surface area contributed by atoms with E-state index in [9.17, 15) is 14.0 Å². The van der Waals surface area contributed by atoms with Crippen LogP contribution in [0.5, 0.6) is 0 Å². The van der Waals surface area contributed by atoms with Gasteiger partial charge >= 0.3 is 0 Å². The third kappa shape index (κ3) is 7.53. The van der Waals surface area contributed by atoms with E-state index in [1.165, 1.54) is 35.1 Å². The fraction of sp³-hybridized carbons (Fsp3) is 0.308. The van der Waals surface area contributed by atoms with Gasteiger partial charge in [-0.3, -0.25) is 14.9 Å². The number of carbonyl (C=O) groups excluding carboxylic acids is 2. The number of aromatic nitrogens is 2. The molecule has 1 aromatic heterocycles. The highest BCUT2D eigenvalue weighted by atomic mass is 32.1. The summed E-state index contributed by atoms with van der Waals surface area (Å²) in [5, 5.41) is 18.0. The van der Waals surface area contributed by atoms with Crippen molar-refractivity contribution >= 4 is 28.3 Å². The Morgan fingerprint density at radius 3 is 2.66 bits per heavy atom. The Labute approximate surface area is 207 Å². The molecular formula is C26H28FN5O2S. The first kappa shape index (κ1) is 24.7. The zero-order chi connectivity index (χ0) is 24.5. The van der Waals surface area contributed by atoms with Gasteiger partial charge in [0.15, 0.2) is 0 Å². The second-order valence-corrected chi connectivity index (χ2v) is 9.39. The molecule has 0 spiro atoms. The normalized spacial score (nSPS) is 16.7. The average molecular weight is 494 g/mol. The molecule has 2 heterocycles. The van der Waals surface area contributed by atoms with Gasteiger partial charge in [0.05, 0.1) is 6.04 Å². The van der Waals surface area contributed by atoms with Gasteiger partial charge in [-0.1, -0.05) is 54.2 Å². The third-order valence-corrected chi connectivity index (χ3v) is 6.66. The maximum absolute atomic E-state index is 13.1. The van der Waals surface area contributed by atoms with Crippen molar-refractivity contribution < 1.29 is 14.0 Å². The molecule has 1 aliphatic rings. The highest BCUT2D eigenvalue weighted by Crippen LogP contribution is 2.26. The minimum atomic E-state index is -0.360. The average Bonchev–Trinajstić information content (AvgIpc) is 3.35. The lowest BCUT2D eigenvalue weighted by molar-refractivity contribution is -0.124. The molecule has 0 saturated carbocycles. The number of halogens is 1. The number of amides is 2. The van der Waals surface area contributed by atoms with E-state index in [4.69, 9.17) is 0 Å². The molecular weight excluding hydrogens is 465 g/mol. The van der Waals surface area contributed by atoms with Crippen LogP contribution in [-0.4, -0.2) is 40.6 Å². The predicted octanol–water partition coefficient (Wildman–Crippen LogP) is 4.10. The molecule has 1 fully saturated rings. The van der Waals surface area contributed by atoms with Crippen molar-refractivity contribution in [2.45, 2.75) is 44.2 Å². The molecule has 2 aromatic carbocycles. The van der Waals surface area contributed by atoms with Gasteiger partial charge in [-0.25, -0.2) is 4.39 Å². The Morgan fingerprint density at radius 1 is 1.11 bits per heavy atom. The summed E-state index contributed by atoms with van der Waals surface area (Å²) in [4.78, 5) is 25.3. The molecule has 0 radical (unpaired) electrons. The number of anilines is 1. The summed E-state index contributed by atoms with van der Waals surface area (Å²) in [6.45, 7) is 0.840. The molecule has 35 heavy (non-hydrogen) atoms. The number of hydrogen-bond donors (Lipinski definition) is 3. The maximum atomic E-state index is 13.1. The lowest BCUT2D eigenvalue weighted by Crippen LogP contribution is -2.49. The monoisotopic (exact) mass is 493 g/mol. The van der Waals surface area contributed by atoms with Gasteiger partial charge in [-0.2, -0.15) is 0 Å². The van der Waals surface area contributed by atoms with Crippen LogP contribution >= 0.6 is 11.3 Å². The quantitative estimate of drug-likeness (QED) is 0.390. The Morgan fingerprint density at radius 2 is 1.91 bits per heavy atom. The number of hydrogen-bond acceptors (Lipinski definition) is 6. The standard InChI is InChI=1S/C26H28FN5O2S/c27-20-12-10-19(11-13-20)25-31-32-26(35-25)30-23(33)16-15-21(14-9-18-6-2-1-3-7-18)29-24(34)22-8-4-5-17-28-22/h1-3,6-7,10-13,15-16,21-22,28H,4-5,8-9,14,17H2,(H,29,34)(H,30,32,33). The van der Waals surface area contributed by atoms with Gasteiger partial charge < -0.3 is 10.6 Å². The van der Waals surface area contributed by atoms with Crippen LogP contribution in [0, 0.1) is 5.82 Å². The topological polar surface area (TPSA) is 96.0 Å². The van der Waals surface area contributed by atoms with Crippen molar-refractivity contribution in [1.82, 2.24) is 20.8 Å². The van der Waals surface area contributed by atoms with Gasteiger partial charge in [-0.05, 0) is 62.1 Å². The summed E-state index contributed by atoms with van der Waals surface area (Å²) in [6, 6.07) is 15.5. The van der Waals surface area contributed by atoms with Crippen molar-refractivity contribution in [3.63, 3.8) is 0 Å². The van der Waals surface area contributed by atoms with Crippen LogP contribution in [0.4, 0.5) is 9.52 Å². The van der Waals surface area contributed by atoms with Gasteiger partial charge in [0.1, 0.15) is 10.8 Å². The fourth-order valence-corrected chi connectivity index (χ4v) is 4.63. The van der Waals surface area contributed by atoms with E-state index in [0.717, 1.165) is 37.8 Å². The minimum absolute atomic E-state index is 0.0408. The highest BCUT2D eigenvalue weighted by molar-refractivity contribution is 7.18. The number of nitrogens with zero attached hydrogens (tertiary/aromatic N) is 2. The fourth-order valence-electron chi connectivity index (χ4n) is 3.88. The lowest BCUT2D eigenvalue weighted by atomic mass is 10.0. The van der Waals surface area contributed by atoms with Crippen LogP contribution in [0.3, 0.4) is 0 Å². The lowest BCUT2D eigenvalue weighted by Gasteiger charge is -2.25. The predicted molar refractivity (Wildman–Crippen MR) is 135 cm³/mol. The van der Waals surface area contributed by atoms with Crippen LogP contribution in [-0.2, 0) is 16.0 Å². The number of piperidine rings is 1. The number of aryl methyl sites for hydroxylation is 1. The molecule has 4 rings (SSSR count). The van der Waals surface area contributed by atoms with Gasteiger partial charge in [0.25, 0.3) is 0 Å². The second-order valence-electron chi connectivity index (χ2n) is 8.41. The summed E-state index contributed by atoms with van der Waals surface area (Å²) in [5.74, 6) is -0.729. The van der Waals surface area contributed by atoms with E-state index in [0.29, 0.717) is 16.6 Å². The van der Waals surface area contributed by atoms with Crippen molar-refractivity contribution in [2.24, 2.45) is 0 Å². The van der Waals surface area contributed by atoms with E-state index in [1.807, 2.05) is 30.3 Å². The van der Waals surface area contributed by atoms with Crippen LogP contribution in [0.15, 0.2) is 66.7 Å². The zero-order valence-corrected chi connectivity index (χ0v) is 20.1. The van der Waals surface area contributed by atoms with Crippen molar-refractivity contribution in [3.05, 3.63) is 78.1 Å². The molecule has 1 aliphatic heterocycles. The highest BCUT2D eigenvalue weighted by Gasteiger charge is 2.22. The summed E-state index contributed by atoms with van der Waals surface area (Å²) in [7, 11) is 0. The molecule has 7 nitrogen and oxygen atoms in total. The maximum Gasteiger partial charge on any atom is 0.249 e. The van der Waals surface area contributed by atoms with Crippen LogP contribution in [0.2, 0.25) is 0 Å². The molecule has 9 heteroatoms. The number of benzene rings is 2. The van der Waals surface area contributed by atoms with Gasteiger partial charge in [0, 0.05) is 17.7 Å². The minimum Gasteiger partial charge on any atom is -0.349 e. The first-order chi connectivity index (χ1) is 17.1. The molecule has 2 amide bonds. The van der Waals surface area contributed by atoms with Crippen LogP contribution in [0.1, 0.15) is 31.2 Å². The summed E-state index contributed by atoms with van der Waals surface area (Å²) >= 11 is 1.20. The molecule has 0 aliphatic carbocycles. The Balaban J connectivity index is 1.37. The zero-order valence-electron chi connectivity index (χ0n) is 19.2. The Bertz CT molecular complexity index is 1140. The second kappa shape index (κ2) is 12.3. The molecule has 3 aromatic rings. The molecule has 2 unspecified atom stereocenters. The van der Waals surface area contributed by atoms with E-state index in [2.05, 4.69) is 26.1 Å². The number of nitrogens with one attached hydrogen (secondary N) is 3. The van der Waals surface area contributed by atoms with Gasteiger partial charge in [0.2, 0.25) is 16.9 Å². The summed E-state index contributed by atoms with van der Waals surface area (Å²) in [6.07, 6.45) is 7.50. The molecule has 3 N–H and O–H groups in total. The van der Waals surface area contributed by atoms with E-state index >= 15 is 0 Å². The first-order valence-corrected chi connectivity index (χ1v) is 12.5. The van der Waals surface area contributed by atoms with E-state index in [-0.39, 0.29) is 29.7 Å². The van der Waals surface area contributed by atoms with Crippen molar-refractivity contribution in [1.29, 1.82) is 0 Å². The number of carbonyl (C=O) groups is 2. The van der Waals surface area contributed by atoms with Crippen molar-refractivity contribution in [3.8, 4) is 10.6 Å². The third-order valence-electron chi connectivity index (χ3n) is 5.77. The summed E-state index contributed by atoms with van der Waals surface area (Å²) in [5.41, 5.74) is 1.89. The summed E-state index contributed by atoms with van der Waals surface area (Å²) < 4.78 is 13.1. The molecule has 2 atom stereocenters.